The summed E-state index contributed by atoms with van der Waals surface area (Å²) < 4.78 is 13.8. The Morgan fingerprint density at radius 1 is 1.47 bits per heavy atom. The van der Waals surface area contributed by atoms with Gasteiger partial charge >= 0.3 is 0 Å². The van der Waals surface area contributed by atoms with E-state index in [1.807, 2.05) is 0 Å². The Hall–Kier alpha value is -0.310. The first-order valence-electron chi connectivity index (χ1n) is 4.85. The van der Waals surface area contributed by atoms with Crippen LogP contribution in [0.3, 0.4) is 0 Å². The standard InChI is InChI=1S/C11H13ClFN.ClH/c1-7-2-3-9(12)10(11(7)13)8-4-5-14-6-8;/h2-3,8,14H,4-6H2,1H3;1H. The molecule has 0 radical (unpaired) electrons. The number of aryl methyl sites for hydroxylation is 1. The zero-order valence-corrected chi connectivity index (χ0v) is 10.1. The maximum atomic E-state index is 13.8. The lowest BCUT2D eigenvalue weighted by Gasteiger charge is -2.13. The van der Waals surface area contributed by atoms with Gasteiger partial charge in [0.1, 0.15) is 5.82 Å². The van der Waals surface area contributed by atoms with Crippen molar-refractivity contribution in [2.45, 2.75) is 19.3 Å². The Balaban J connectivity index is 0.00000112. The van der Waals surface area contributed by atoms with E-state index in [2.05, 4.69) is 5.32 Å². The molecule has 0 spiro atoms. The van der Waals surface area contributed by atoms with Crippen LogP contribution in [0.1, 0.15) is 23.5 Å². The molecule has 84 valence electrons. The van der Waals surface area contributed by atoms with Gasteiger partial charge in [-0.15, -0.1) is 12.4 Å². The number of rotatable bonds is 1. The monoisotopic (exact) mass is 249 g/mol. The van der Waals surface area contributed by atoms with E-state index in [1.54, 1.807) is 19.1 Å². The summed E-state index contributed by atoms with van der Waals surface area (Å²) in [5.74, 6) is 0.105. The van der Waals surface area contributed by atoms with Crippen molar-refractivity contribution in [2.75, 3.05) is 13.1 Å². The van der Waals surface area contributed by atoms with Gasteiger partial charge in [-0.3, -0.25) is 0 Å². The number of halogens is 3. The first-order valence-corrected chi connectivity index (χ1v) is 5.23. The average Bonchev–Trinajstić information content (AvgIpc) is 2.65. The topological polar surface area (TPSA) is 12.0 Å². The van der Waals surface area contributed by atoms with Crippen LogP contribution >= 0.6 is 24.0 Å². The molecule has 2 rings (SSSR count). The maximum Gasteiger partial charge on any atom is 0.131 e. The minimum absolute atomic E-state index is 0. The van der Waals surface area contributed by atoms with Crippen LogP contribution in [0.15, 0.2) is 12.1 Å². The van der Waals surface area contributed by atoms with Crippen molar-refractivity contribution >= 4 is 24.0 Å². The van der Waals surface area contributed by atoms with Gasteiger partial charge in [0.05, 0.1) is 0 Å². The molecule has 1 atom stereocenters. The average molecular weight is 250 g/mol. The fourth-order valence-corrected chi connectivity index (χ4v) is 2.25. The van der Waals surface area contributed by atoms with Crippen LogP contribution in [0.5, 0.6) is 0 Å². The van der Waals surface area contributed by atoms with Crippen molar-refractivity contribution in [1.82, 2.24) is 5.32 Å². The third-order valence-electron chi connectivity index (χ3n) is 2.79. The maximum absolute atomic E-state index is 13.8. The second kappa shape index (κ2) is 5.15. The predicted octanol–water partition coefficient (Wildman–Crippen LogP) is 3.29. The molecule has 15 heavy (non-hydrogen) atoms. The number of nitrogens with one attached hydrogen (secondary N) is 1. The van der Waals surface area contributed by atoms with Crippen molar-refractivity contribution < 1.29 is 4.39 Å². The van der Waals surface area contributed by atoms with Crippen LogP contribution in [0, 0.1) is 12.7 Å². The molecule has 1 fully saturated rings. The second-order valence-electron chi connectivity index (χ2n) is 3.78. The zero-order chi connectivity index (χ0) is 10.1. The van der Waals surface area contributed by atoms with Crippen molar-refractivity contribution in [2.24, 2.45) is 0 Å². The Morgan fingerprint density at radius 2 is 2.20 bits per heavy atom. The fourth-order valence-electron chi connectivity index (χ4n) is 1.95. The number of benzene rings is 1. The molecule has 1 nitrogen and oxygen atoms in total. The summed E-state index contributed by atoms with van der Waals surface area (Å²) in [6.07, 6.45) is 0.972. The summed E-state index contributed by atoms with van der Waals surface area (Å²) in [7, 11) is 0. The van der Waals surface area contributed by atoms with Gasteiger partial charge in [-0.25, -0.2) is 4.39 Å². The molecule has 1 aliphatic rings. The Kier molecular flexibility index (Phi) is 4.38. The van der Waals surface area contributed by atoms with Gasteiger partial charge in [-0.2, -0.15) is 0 Å². The van der Waals surface area contributed by atoms with Gasteiger partial charge in [-0.05, 0) is 31.5 Å². The van der Waals surface area contributed by atoms with E-state index in [0.29, 0.717) is 16.1 Å². The second-order valence-corrected chi connectivity index (χ2v) is 4.19. The van der Waals surface area contributed by atoms with Gasteiger partial charge in [0, 0.05) is 23.0 Å². The van der Waals surface area contributed by atoms with Gasteiger partial charge in [0.15, 0.2) is 0 Å². The molecule has 1 saturated heterocycles. The van der Waals surface area contributed by atoms with Crippen molar-refractivity contribution in [3.8, 4) is 0 Å². The quantitative estimate of drug-likeness (QED) is 0.806. The predicted molar refractivity (Wildman–Crippen MR) is 63.6 cm³/mol. The SMILES string of the molecule is Cc1ccc(Cl)c(C2CCNC2)c1F.Cl. The molecule has 0 aliphatic carbocycles. The van der Waals surface area contributed by atoms with E-state index < -0.39 is 0 Å². The molecule has 1 N–H and O–H groups in total. The largest absolute Gasteiger partial charge is 0.316 e. The molecular weight excluding hydrogens is 236 g/mol. The summed E-state index contributed by atoms with van der Waals surface area (Å²) >= 11 is 6.01. The molecule has 1 aromatic rings. The fraction of sp³-hybridized carbons (Fsp3) is 0.455. The highest BCUT2D eigenvalue weighted by Gasteiger charge is 2.23. The summed E-state index contributed by atoms with van der Waals surface area (Å²) in [4.78, 5) is 0. The first kappa shape index (κ1) is 12.8. The van der Waals surface area contributed by atoms with E-state index in [9.17, 15) is 4.39 Å². The molecule has 0 aromatic heterocycles. The molecule has 1 aromatic carbocycles. The number of hydrogen-bond acceptors (Lipinski definition) is 1. The van der Waals surface area contributed by atoms with Crippen molar-refractivity contribution in [1.29, 1.82) is 0 Å². The van der Waals surface area contributed by atoms with Crippen LogP contribution in [0.25, 0.3) is 0 Å². The van der Waals surface area contributed by atoms with E-state index in [4.69, 9.17) is 11.6 Å². The number of hydrogen-bond donors (Lipinski definition) is 1. The van der Waals surface area contributed by atoms with E-state index in [0.717, 1.165) is 19.5 Å². The van der Waals surface area contributed by atoms with E-state index in [-0.39, 0.29) is 24.1 Å². The third-order valence-corrected chi connectivity index (χ3v) is 3.12. The lowest BCUT2D eigenvalue weighted by molar-refractivity contribution is 0.580. The van der Waals surface area contributed by atoms with Gasteiger partial charge in [0.2, 0.25) is 0 Å². The third kappa shape index (κ3) is 2.44. The summed E-state index contributed by atoms with van der Waals surface area (Å²) in [5.41, 5.74) is 1.37. The molecule has 0 amide bonds. The highest BCUT2D eigenvalue weighted by atomic mass is 35.5. The normalized spacial score (nSPS) is 20.1. The minimum atomic E-state index is -0.133. The smallest absolute Gasteiger partial charge is 0.131 e. The molecular formula is C11H14Cl2FN. The Morgan fingerprint density at radius 3 is 2.80 bits per heavy atom. The Bertz CT molecular complexity index is 349. The molecule has 1 aliphatic heterocycles. The lowest BCUT2D eigenvalue weighted by atomic mass is 9.96. The van der Waals surface area contributed by atoms with Crippen molar-refractivity contribution in [3.05, 3.63) is 34.1 Å². The molecule has 4 heteroatoms. The van der Waals surface area contributed by atoms with Gasteiger partial charge < -0.3 is 5.32 Å². The van der Waals surface area contributed by atoms with Gasteiger partial charge in [-0.1, -0.05) is 17.7 Å². The first-order chi connectivity index (χ1) is 6.70. The zero-order valence-electron chi connectivity index (χ0n) is 8.52. The van der Waals surface area contributed by atoms with E-state index in [1.165, 1.54) is 0 Å². The lowest BCUT2D eigenvalue weighted by Crippen LogP contribution is -2.09. The summed E-state index contributed by atoms with van der Waals surface area (Å²) in [5, 5.41) is 3.78. The summed E-state index contributed by atoms with van der Waals surface area (Å²) in [6.45, 7) is 3.56. The van der Waals surface area contributed by atoms with Crippen LogP contribution in [-0.4, -0.2) is 13.1 Å². The van der Waals surface area contributed by atoms with Crippen LogP contribution in [0.4, 0.5) is 4.39 Å². The molecule has 1 heterocycles. The van der Waals surface area contributed by atoms with Crippen LogP contribution < -0.4 is 5.32 Å². The van der Waals surface area contributed by atoms with E-state index >= 15 is 0 Å². The van der Waals surface area contributed by atoms with Crippen LogP contribution in [-0.2, 0) is 0 Å². The highest BCUT2D eigenvalue weighted by Crippen LogP contribution is 2.32. The Labute approximate surface area is 100 Å². The minimum Gasteiger partial charge on any atom is -0.316 e. The van der Waals surface area contributed by atoms with Crippen molar-refractivity contribution in [3.63, 3.8) is 0 Å². The summed E-state index contributed by atoms with van der Waals surface area (Å²) in [6, 6.07) is 3.51. The molecule has 0 bridgehead atoms. The van der Waals surface area contributed by atoms with Crippen LogP contribution in [0.2, 0.25) is 5.02 Å². The molecule has 0 saturated carbocycles. The highest BCUT2D eigenvalue weighted by molar-refractivity contribution is 6.31. The van der Waals surface area contributed by atoms with Gasteiger partial charge in [0.25, 0.3) is 0 Å². The molecule has 1 unspecified atom stereocenters.